The highest BCUT2D eigenvalue weighted by Crippen LogP contribution is 2.25. The molecule has 0 saturated carbocycles. The highest BCUT2D eigenvalue weighted by atomic mass is 16.5. The summed E-state index contributed by atoms with van der Waals surface area (Å²) in [4.78, 5) is 11.9. The lowest BCUT2D eigenvalue weighted by Gasteiger charge is -2.14. The Hall–Kier alpha value is -3.21. The van der Waals surface area contributed by atoms with Gasteiger partial charge in [-0.25, -0.2) is 0 Å². The van der Waals surface area contributed by atoms with Crippen molar-refractivity contribution in [3.05, 3.63) is 65.2 Å². The van der Waals surface area contributed by atoms with Gasteiger partial charge in [-0.2, -0.15) is 5.10 Å². The van der Waals surface area contributed by atoms with E-state index in [-0.39, 0.29) is 5.91 Å². The van der Waals surface area contributed by atoms with Crippen molar-refractivity contribution in [2.75, 3.05) is 11.9 Å². The first-order valence-electron chi connectivity index (χ1n) is 7.25. The van der Waals surface area contributed by atoms with E-state index in [0.717, 1.165) is 28.1 Å². The van der Waals surface area contributed by atoms with Gasteiger partial charge in [-0.05, 0) is 18.2 Å². The van der Waals surface area contributed by atoms with Gasteiger partial charge >= 0.3 is 0 Å². The Morgan fingerprint density at radius 2 is 1.91 bits per heavy atom. The second-order valence-corrected chi connectivity index (χ2v) is 5.24. The van der Waals surface area contributed by atoms with E-state index in [1.165, 1.54) is 0 Å². The van der Waals surface area contributed by atoms with E-state index >= 15 is 0 Å². The molecule has 5 heteroatoms. The molecule has 2 aliphatic rings. The Bertz CT molecular complexity index is 881. The number of anilines is 1. The lowest BCUT2D eigenvalue weighted by Crippen LogP contribution is -2.14. The van der Waals surface area contributed by atoms with Crippen LogP contribution < -0.4 is 10.1 Å². The van der Waals surface area contributed by atoms with Crippen LogP contribution in [0, 0.1) is 0 Å². The minimum atomic E-state index is -0.234. The van der Waals surface area contributed by atoms with Gasteiger partial charge < -0.3 is 10.1 Å². The summed E-state index contributed by atoms with van der Waals surface area (Å²) in [5, 5.41) is 10.9. The van der Waals surface area contributed by atoms with E-state index < -0.39 is 0 Å². The van der Waals surface area contributed by atoms with E-state index in [1.54, 1.807) is 6.21 Å². The minimum Gasteiger partial charge on any atom is -0.488 e. The van der Waals surface area contributed by atoms with Crippen LogP contribution in [0.15, 0.2) is 64.3 Å². The molecule has 4 rings (SSSR count). The monoisotopic (exact) mass is 303 g/mol. The SMILES string of the molecule is O=C1Nc2ccccc2/C1=N/N=CC1=Cc2ccccc2OC1. The largest absolute Gasteiger partial charge is 0.488 e. The zero-order chi connectivity index (χ0) is 15.6. The number of fused-ring (bicyclic) bond motifs is 2. The van der Waals surface area contributed by atoms with E-state index in [0.29, 0.717) is 12.3 Å². The van der Waals surface area contributed by atoms with Crippen LogP contribution in [-0.4, -0.2) is 24.4 Å². The third-order valence-electron chi connectivity index (χ3n) is 3.68. The molecule has 0 aliphatic carbocycles. The summed E-state index contributed by atoms with van der Waals surface area (Å²) in [6.07, 6.45) is 3.63. The molecule has 2 heterocycles. The number of rotatable bonds is 2. The van der Waals surface area contributed by atoms with Crippen molar-refractivity contribution in [1.29, 1.82) is 0 Å². The van der Waals surface area contributed by atoms with Gasteiger partial charge in [0, 0.05) is 16.7 Å². The maximum absolute atomic E-state index is 11.9. The molecule has 0 atom stereocenters. The molecule has 0 bridgehead atoms. The van der Waals surface area contributed by atoms with Crippen LogP contribution in [0.2, 0.25) is 0 Å². The molecule has 1 amide bonds. The van der Waals surface area contributed by atoms with Gasteiger partial charge in [0.05, 0.1) is 11.9 Å². The summed E-state index contributed by atoms with van der Waals surface area (Å²) >= 11 is 0. The van der Waals surface area contributed by atoms with E-state index in [4.69, 9.17) is 4.74 Å². The topological polar surface area (TPSA) is 63.0 Å². The number of carbonyl (C=O) groups excluding carboxylic acids is 1. The van der Waals surface area contributed by atoms with Crippen molar-refractivity contribution in [1.82, 2.24) is 0 Å². The third kappa shape index (κ3) is 2.53. The fourth-order valence-corrected chi connectivity index (χ4v) is 2.57. The van der Waals surface area contributed by atoms with Gasteiger partial charge in [0.15, 0.2) is 5.71 Å². The molecule has 2 aromatic carbocycles. The van der Waals surface area contributed by atoms with Crippen molar-refractivity contribution in [2.24, 2.45) is 10.2 Å². The van der Waals surface area contributed by atoms with Gasteiger partial charge in [-0.1, -0.05) is 36.4 Å². The van der Waals surface area contributed by atoms with Gasteiger partial charge in [0.2, 0.25) is 0 Å². The maximum Gasteiger partial charge on any atom is 0.276 e. The summed E-state index contributed by atoms with van der Waals surface area (Å²) in [6.45, 7) is 0.439. The second-order valence-electron chi connectivity index (χ2n) is 5.24. The normalized spacial score (nSPS) is 17.5. The van der Waals surface area contributed by atoms with Crippen molar-refractivity contribution in [3.63, 3.8) is 0 Å². The Balaban J connectivity index is 1.59. The Morgan fingerprint density at radius 3 is 2.87 bits per heavy atom. The molecule has 5 nitrogen and oxygen atoms in total. The summed E-state index contributed by atoms with van der Waals surface area (Å²) in [5.74, 6) is 0.627. The fourth-order valence-electron chi connectivity index (χ4n) is 2.57. The molecular formula is C18H13N3O2. The smallest absolute Gasteiger partial charge is 0.276 e. The molecule has 112 valence electrons. The fraction of sp³-hybridized carbons (Fsp3) is 0.0556. The number of benzene rings is 2. The van der Waals surface area contributed by atoms with E-state index in [1.807, 2.05) is 54.6 Å². The lowest BCUT2D eigenvalue weighted by atomic mass is 10.1. The van der Waals surface area contributed by atoms with Crippen molar-refractivity contribution >= 4 is 29.6 Å². The summed E-state index contributed by atoms with van der Waals surface area (Å²) in [6, 6.07) is 15.2. The molecule has 0 saturated heterocycles. The van der Waals surface area contributed by atoms with Crippen LogP contribution in [-0.2, 0) is 4.79 Å². The molecule has 0 spiro atoms. The highest BCUT2D eigenvalue weighted by Gasteiger charge is 2.25. The number of carbonyl (C=O) groups is 1. The van der Waals surface area contributed by atoms with Crippen molar-refractivity contribution < 1.29 is 9.53 Å². The number of ether oxygens (including phenoxy) is 1. The first-order valence-corrected chi connectivity index (χ1v) is 7.25. The molecule has 23 heavy (non-hydrogen) atoms. The van der Waals surface area contributed by atoms with Crippen LogP contribution in [0.25, 0.3) is 6.08 Å². The maximum atomic E-state index is 11.9. The van der Waals surface area contributed by atoms with Crippen LogP contribution in [0.5, 0.6) is 5.75 Å². The molecule has 0 fully saturated rings. The van der Waals surface area contributed by atoms with Crippen molar-refractivity contribution in [3.8, 4) is 5.75 Å². The average Bonchev–Trinajstić information content (AvgIpc) is 2.90. The number of nitrogens with one attached hydrogen (secondary N) is 1. The van der Waals surface area contributed by atoms with Crippen LogP contribution in [0.4, 0.5) is 5.69 Å². The highest BCUT2D eigenvalue weighted by molar-refractivity contribution is 6.53. The summed E-state index contributed by atoms with van der Waals surface area (Å²) in [7, 11) is 0. The zero-order valence-electron chi connectivity index (χ0n) is 12.2. The van der Waals surface area contributed by atoms with Gasteiger partial charge in [-0.3, -0.25) is 4.79 Å². The first kappa shape index (κ1) is 13.5. The number of hydrogen-bond donors (Lipinski definition) is 1. The van der Waals surface area contributed by atoms with E-state index in [2.05, 4.69) is 15.5 Å². The predicted molar refractivity (Wildman–Crippen MR) is 90.0 cm³/mol. The minimum absolute atomic E-state index is 0.234. The molecule has 0 aromatic heterocycles. The molecule has 2 aliphatic heterocycles. The first-order chi connectivity index (χ1) is 11.3. The zero-order valence-corrected chi connectivity index (χ0v) is 12.2. The second kappa shape index (κ2) is 5.53. The van der Waals surface area contributed by atoms with Crippen LogP contribution >= 0.6 is 0 Å². The van der Waals surface area contributed by atoms with Crippen LogP contribution in [0.3, 0.4) is 0 Å². The molecule has 1 N–H and O–H groups in total. The number of nitrogens with zero attached hydrogens (tertiary/aromatic N) is 2. The summed E-state index contributed by atoms with van der Waals surface area (Å²) < 4.78 is 5.65. The number of hydrogen-bond acceptors (Lipinski definition) is 4. The molecule has 0 radical (unpaired) electrons. The van der Waals surface area contributed by atoms with Crippen LogP contribution in [0.1, 0.15) is 11.1 Å². The predicted octanol–water partition coefficient (Wildman–Crippen LogP) is 2.89. The average molecular weight is 303 g/mol. The lowest BCUT2D eigenvalue weighted by molar-refractivity contribution is -0.110. The van der Waals surface area contributed by atoms with E-state index in [9.17, 15) is 4.79 Å². The Morgan fingerprint density at radius 1 is 1.09 bits per heavy atom. The summed E-state index contributed by atoms with van der Waals surface area (Å²) in [5.41, 5.74) is 3.78. The Kier molecular flexibility index (Phi) is 3.24. The molecular weight excluding hydrogens is 290 g/mol. The van der Waals surface area contributed by atoms with Crippen molar-refractivity contribution in [2.45, 2.75) is 0 Å². The number of amides is 1. The van der Waals surface area contributed by atoms with Gasteiger partial charge in [0.1, 0.15) is 12.4 Å². The Labute approximate surface area is 133 Å². The standard InChI is InChI=1S/C18H13N3O2/c22-18-17(14-6-2-3-7-15(14)20-18)21-19-10-12-9-13-5-1-4-8-16(13)23-11-12/h1-10H,11H2,(H,20,21,22). The third-order valence-corrected chi connectivity index (χ3v) is 3.68. The number of para-hydroxylation sites is 2. The van der Waals surface area contributed by atoms with Gasteiger partial charge in [0.25, 0.3) is 5.91 Å². The quantitative estimate of drug-likeness (QED) is 0.685. The molecule has 2 aromatic rings. The van der Waals surface area contributed by atoms with Gasteiger partial charge in [-0.15, -0.1) is 5.10 Å². The molecule has 0 unspecified atom stereocenters.